The van der Waals surface area contributed by atoms with Crippen molar-refractivity contribution in [3.63, 3.8) is 0 Å². The third-order valence-corrected chi connectivity index (χ3v) is 3.16. The maximum atomic E-state index is 11.9. The Hall–Kier alpha value is -1.32. The zero-order valence-electron chi connectivity index (χ0n) is 11.1. The highest BCUT2D eigenvalue weighted by Gasteiger charge is 2.37. The van der Waals surface area contributed by atoms with E-state index in [2.05, 4.69) is 0 Å². The van der Waals surface area contributed by atoms with Crippen molar-refractivity contribution >= 4 is 11.8 Å². The summed E-state index contributed by atoms with van der Waals surface area (Å²) in [5.74, 6) is -0.140. The number of hydrogen-bond acceptors (Lipinski definition) is 4. The van der Waals surface area contributed by atoms with E-state index in [4.69, 9.17) is 9.47 Å². The SMILES string of the molecule is CCC1OC(C)=C(OC(=O)C(C)(C)CC)C1=O. The van der Waals surface area contributed by atoms with Crippen molar-refractivity contribution in [2.24, 2.45) is 5.41 Å². The standard InChI is InChI=1S/C13H20O4/c1-6-9-10(14)11(8(3)16-9)17-12(15)13(4,5)7-2/h9H,6-7H2,1-5H3. The fourth-order valence-corrected chi connectivity index (χ4v) is 1.41. The van der Waals surface area contributed by atoms with Gasteiger partial charge in [0.1, 0.15) is 5.76 Å². The lowest BCUT2D eigenvalue weighted by molar-refractivity contribution is -0.151. The summed E-state index contributed by atoms with van der Waals surface area (Å²) >= 11 is 0. The second-order valence-electron chi connectivity index (χ2n) is 4.89. The van der Waals surface area contributed by atoms with Crippen LogP contribution < -0.4 is 0 Å². The summed E-state index contributed by atoms with van der Waals surface area (Å²) in [5, 5.41) is 0. The van der Waals surface area contributed by atoms with Crippen molar-refractivity contribution in [3.8, 4) is 0 Å². The molecule has 1 aliphatic heterocycles. The lowest BCUT2D eigenvalue weighted by Crippen LogP contribution is -2.28. The van der Waals surface area contributed by atoms with Gasteiger partial charge in [0.25, 0.3) is 0 Å². The third-order valence-electron chi connectivity index (χ3n) is 3.16. The van der Waals surface area contributed by atoms with E-state index in [0.29, 0.717) is 18.6 Å². The van der Waals surface area contributed by atoms with Crippen molar-refractivity contribution in [2.45, 2.75) is 53.6 Å². The summed E-state index contributed by atoms with van der Waals surface area (Å²) in [5.41, 5.74) is -0.585. The van der Waals surface area contributed by atoms with E-state index in [-0.39, 0.29) is 17.5 Å². The highest BCUT2D eigenvalue weighted by Crippen LogP contribution is 2.28. The van der Waals surface area contributed by atoms with E-state index in [0.717, 1.165) is 0 Å². The molecular formula is C13H20O4. The van der Waals surface area contributed by atoms with Gasteiger partial charge in [0.15, 0.2) is 6.10 Å². The van der Waals surface area contributed by atoms with Gasteiger partial charge in [-0.1, -0.05) is 13.8 Å². The smallest absolute Gasteiger partial charge is 0.317 e. The molecule has 17 heavy (non-hydrogen) atoms. The lowest BCUT2D eigenvalue weighted by atomic mass is 9.90. The number of carbonyl (C=O) groups excluding carboxylic acids is 2. The molecule has 0 fully saturated rings. The zero-order valence-corrected chi connectivity index (χ0v) is 11.1. The molecule has 4 heteroatoms. The van der Waals surface area contributed by atoms with Crippen LogP contribution in [0.15, 0.2) is 11.5 Å². The Bertz CT molecular complexity index is 366. The molecule has 0 saturated carbocycles. The van der Waals surface area contributed by atoms with Crippen LogP contribution in [0.1, 0.15) is 47.5 Å². The van der Waals surface area contributed by atoms with Crippen LogP contribution in [0.2, 0.25) is 0 Å². The maximum Gasteiger partial charge on any atom is 0.317 e. The quantitative estimate of drug-likeness (QED) is 0.709. The molecule has 0 saturated heterocycles. The second kappa shape index (κ2) is 4.90. The maximum absolute atomic E-state index is 11.9. The fraction of sp³-hybridized carbons (Fsp3) is 0.692. The Balaban J connectivity index is 2.80. The molecule has 0 amide bonds. The number of hydrogen-bond donors (Lipinski definition) is 0. The molecular weight excluding hydrogens is 220 g/mol. The predicted octanol–water partition coefficient (Wildman–Crippen LogP) is 2.58. The largest absolute Gasteiger partial charge is 0.483 e. The Morgan fingerprint density at radius 1 is 1.41 bits per heavy atom. The molecule has 4 nitrogen and oxygen atoms in total. The second-order valence-corrected chi connectivity index (χ2v) is 4.89. The van der Waals surface area contributed by atoms with Crippen LogP contribution in [0.3, 0.4) is 0 Å². The Morgan fingerprint density at radius 3 is 2.41 bits per heavy atom. The van der Waals surface area contributed by atoms with Crippen LogP contribution >= 0.6 is 0 Å². The van der Waals surface area contributed by atoms with Gasteiger partial charge in [-0.3, -0.25) is 9.59 Å². The average molecular weight is 240 g/mol. The minimum Gasteiger partial charge on any atom is -0.483 e. The van der Waals surface area contributed by atoms with Crippen molar-refractivity contribution < 1.29 is 19.1 Å². The minimum absolute atomic E-state index is 0.0726. The number of ketones is 1. The van der Waals surface area contributed by atoms with E-state index in [9.17, 15) is 9.59 Å². The minimum atomic E-state index is -0.585. The molecule has 0 aliphatic carbocycles. The molecule has 0 aromatic heterocycles. The van der Waals surface area contributed by atoms with Crippen LogP contribution in [0.25, 0.3) is 0 Å². The molecule has 1 atom stereocenters. The van der Waals surface area contributed by atoms with Gasteiger partial charge in [0.05, 0.1) is 5.41 Å². The number of esters is 1. The first-order chi connectivity index (χ1) is 7.83. The normalized spacial score (nSPS) is 20.5. The van der Waals surface area contributed by atoms with Gasteiger partial charge in [-0.05, 0) is 33.6 Å². The summed E-state index contributed by atoms with van der Waals surface area (Å²) in [6.45, 7) is 9.00. The molecule has 0 spiro atoms. The van der Waals surface area contributed by atoms with E-state index in [1.54, 1.807) is 20.8 Å². The van der Waals surface area contributed by atoms with Crippen molar-refractivity contribution in [1.82, 2.24) is 0 Å². The molecule has 0 radical (unpaired) electrons. The monoisotopic (exact) mass is 240 g/mol. The average Bonchev–Trinajstić information content (AvgIpc) is 2.56. The first kappa shape index (κ1) is 13.7. The zero-order chi connectivity index (χ0) is 13.2. The molecule has 1 heterocycles. The highest BCUT2D eigenvalue weighted by molar-refractivity contribution is 6.01. The predicted molar refractivity (Wildman–Crippen MR) is 63.0 cm³/mol. The Kier molecular flexibility index (Phi) is 3.96. The number of allylic oxidation sites excluding steroid dienone is 1. The van der Waals surface area contributed by atoms with Crippen LogP contribution in [-0.4, -0.2) is 17.9 Å². The van der Waals surface area contributed by atoms with Gasteiger partial charge in [-0.25, -0.2) is 0 Å². The summed E-state index contributed by atoms with van der Waals surface area (Å²) < 4.78 is 10.5. The molecule has 1 unspecified atom stereocenters. The number of Topliss-reactive ketones (excluding diaryl/α,β-unsaturated/α-hetero) is 1. The summed E-state index contributed by atoms with van der Waals surface area (Å²) in [4.78, 5) is 23.7. The van der Waals surface area contributed by atoms with E-state index in [1.807, 2.05) is 13.8 Å². The first-order valence-corrected chi connectivity index (χ1v) is 5.97. The molecule has 1 aliphatic rings. The highest BCUT2D eigenvalue weighted by atomic mass is 16.6. The third kappa shape index (κ3) is 2.68. The molecule has 0 bridgehead atoms. The van der Waals surface area contributed by atoms with Crippen LogP contribution in [0, 0.1) is 5.41 Å². The summed E-state index contributed by atoms with van der Waals surface area (Å²) in [6.07, 6.45) is 0.737. The molecule has 0 aromatic carbocycles. The lowest BCUT2D eigenvalue weighted by Gasteiger charge is -2.19. The summed E-state index contributed by atoms with van der Waals surface area (Å²) in [6, 6.07) is 0. The molecule has 0 N–H and O–H groups in total. The molecule has 96 valence electrons. The van der Waals surface area contributed by atoms with E-state index in [1.165, 1.54) is 0 Å². The van der Waals surface area contributed by atoms with Gasteiger partial charge in [0, 0.05) is 0 Å². The van der Waals surface area contributed by atoms with E-state index < -0.39 is 11.5 Å². The Morgan fingerprint density at radius 2 is 2.00 bits per heavy atom. The molecule has 0 aromatic rings. The van der Waals surface area contributed by atoms with Gasteiger partial charge >= 0.3 is 5.97 Å². The van der Waals surface area contributed by atoms with E-state index >= 15 is 0 Å². The number of ether oxygens (including phenoxy) is 2. The van der Waals surface area contributed by atoms with Gasteiger partial charge in [-0.15, -0.1) is 0 Å². The van der Waals surface area contributed by atoms with Crippen molar-refractivity contribution in [3.05, 3.63) is 11.5 Å². The van der Waals surface area contributed by atoms with Gasteiger partial charge in [-0.2, -0.15) is 0 Å². The Labute approximate surface area is 102 Å². The topological polar surface area (TPSA) is 52.6 Å². The van der Waals surface area contributed by atoms with Gasteiger partial charge in [0.2, 0.25) is 11.5 Å². The van der Waals surface area contributed by atoms with Crippen LogP contribution in [0.5, 0.6) is 0 Å². The number of rotatable bonds is 4. The number of carbonyl (C=O) groups is 2. The first-order valence-electron chi connectivity index (χ1n) is 5.97. The molecule has 1 rings (SSSR count). The van der Waals surface area contributed by atoms with Crippen molar-refractivity contribution in [1.29, 1.82) is 0 Å². The van der Waals surface area contributed by atoms with Gasteiger partial charge < -0.3 is 9.47 Å². The van der Waals surface area contributed by atoms with Crippen molar-refractivity contribution in [2.75, 3.05) is 0 Å². The van der Waals surface area contributed by atoms with Crippen LogP contribution in [-0.2, 0) is 19.1 Å². The fourth-order valence-electron chi connectivity index (χ4n) is 1.41. The van der Waals surface area contributed by atoms with Crippen LogP contribution in [0.4, 0.5) is 0 Å². The summed E-state index contributed by atoms with van der Waals surface area (Å²) in [7, 11) is 0.